The molecule has 3 rings (SSSR count). The molecule has 0 saturated heterocycles. The minimum atomic E-state index is 0. The molecular weight excluding hydrogens is 302 g/mol. The highest BCUT2D eigenvalue weighted by Gasteiger charge is 2.03. The van der Waals surface area contributed by atoms with Gasteiger partial charge >= 0.3 is 0 Å². The smallest absolute Gasteiger partial charge is 0.0240 e. The predicted octanol–water partition coefficient (Wildman–Crippen LogP) is 5.41. The lowest BCUT2D eigenvalue weighted by atomic mass is 10.0. The maximum Gasteiger partial charge on any atom is 0.0240 e. The third-order valence-corrected chi connectivity index (χ3v) is 3.85. The number of nitrogens with zero attached hydrogens (tertiary/aromatic N) is 1. The highest BCUT2D eigenvalue weighted by molar-refractivity contribution is 5.86. The van der Waals surface area contributed by atoms with E-state index in [0.29, 0.717) is 0 Å². The van der Waals surface area contributed by atoms with E-state index in [4.69, 9.17) is 0 Å². The Kier molecular flexibility index (Phi) is 6.40. The van der Waals surface area contributed by atoms with Gasteiger partial charge < -0.3 is 0 Å². The first-order chi connectivity index (χ1) is 10.8. The number of halogens is 1. The molecule has 0 radical (unpaired) electrons. The predicted molar refractivity (Wildman–Crippen MR) is 103 cm³/mol. The molecule has 0 atom stereocenters. The third-order valence-electron chi connectivity index (χ3n) is 3.85. The SMILES string of the molecule is CN(CC=Cc1ccccc1)Cc1cccc2ccccc12.Cl. The summed E-state index contributed by atoms with van der Waals surface area (Å²) in [5.41, 5.74) is 2.63. The minimum Gasteiger partial charge on any atom is -0.298 e. The average Bonchev–Trinajstić information content (AvgIpc) is 2.56. The monoisotopic (exact) mass is 323 g/mol. The molecule has 0 saturated carbocycles. The Morgan fingerprint density at radius 2 is 1.52 bits per heavy atom. The van der Waals surface area contributed by atoms with E-state index in [1.54, 1.807) is 0 Å². The first-order valence-electron chi connectivity index (χ1n) is 7.70. The number of hydrogen-bond donors (Lipinski definition) is 0. The van der Waals surface area contributed by atoms with Gasteiger partial charge in [-0.1, -0.05) is 84.9 Å². The van der Waals surface area contributed by atoms with Crippen molar-refractivity contribution < 1.29 is 0 Å². The van der Waals surface area contributed by atoms with E-state index < -0.39 is 0 Å². The van der Waals surface area contributed by atoms with E-state index >= 15 is 0 Å². The normalized spacial score (nSPS) is 11.0. The van der Waals surface area contributed by atoms with E-state index in [0.717, 1.165) is 13.1 Å². The van der Waals surface area contributed by atoms with Gasteiger partial charge in [0.05, 0.1) is 0 Å². The first-order valence-corrected chi connectivity index (χ1v) is 7.70. The van der Waals surface area contributed by atoms with Gasteiger partial charge in [0.25, 0.3) is 0 Å². The second kappa shape index (κ2) is 8.52. The highest BCUT2D eigenvalue weighted by atomic mass is 35.5. The zero-order valence-electron chi connectivity index (χ0n) is 13.4. The van der Waals surface area contributed by atoms with Crippen LogP contribution in [0.1, 0.15) is 11.1 Å². The van der Waals surface area contributed by atoms with Gasteiger partial charge in [-0.3, -0.25) is 4.90 Å². The summed E-state index contributed by atoms with van der Waals surface area (Å²) >= 11 is 0. The standard InChI is InChI=1S/C21H21N.ClH/c1-22(16-8-11-18-9-3-2-4-10-18)17-20-14-7-13-19-12-5-6-15-21(19)20;/h2-15H,16-17H2,1H3;1H. The van der Waals surface area contributed by atoms with Crippen molar-refractivity contribution in [3.63, 3.8) is 0 Å². The van der Waals surface area contributed by atoms with Crippen LogP contribution in [0.2, 0.25) is 0 Å². The Bertz CT molecular complexity index is 760. The summed E-state index contributed by atoms with van der Waals surface area (Å²) in [7, 11) is 2.16. The summed E-state index contributed by atoms with van der Waals surface area (Å²) in [4.78, 5) is 2.33. The van der Waals surface area contributed by atoms with Crippen LogP contribution >= 0.6 is 12.4 Å². The fourth-order valence-corrected chi connectivity index (χ4v) is 2.72. The maximum absolute atomic E-state index is 2.33. The van der Waals surface area contributed by atoms with E-state index in [2.05, 4.69) is 90.8 Å². The maximum atomic E-state index is 2.33. The Balaban J connectivity index is 0.00000192. The number of fused-ring (bicyclic) bond motifs is 1. The van der Waals surface area contributed by atoms with Crippen molar-refractivity contribution in [1.29, 1.82) is 0 Å². The van der Waals surface area contributed by atoms with Crippen LogP contribution in [0.5, 0.6) is 0 Å². The van der Waals surface area contributed by atoms with Gasteiger partial charge in [0.2, 0.25) is 0 Å². The zero-order chi connectivity index (χ0) is 15.2. The molecule has 0 aliphatic heterocycles. The molecule has 118 valence electrons. The van der Waals surface area contributed by atoms with E-state index in [1.807, 2.05) is 6.07 Å². The van der Waals surface area contributed by atoms with Crippen LogP contribution in [0.25, 0.3) is 16.8 Å². The molecule has 0 bridgehead atoms. The Morgan fingerprint density at radius 3 is 2.35 bits per heavy atom. The lowest BCUT2D eigenvalue weighted by molar-refractivity contribution is 0.365. The van der Waals surface area contributed by atoms with Gasteiger partial charge in [-0.2, -0.15) is 0 Å². The van der Waals surface area contributed by atoms with Crippen LogP contribution in [-0.2, 0) is 6.54 Å². The third kappa shape index (κ3) is 4.69. The van der Waals surface area contributed by atoms with Gasteiger partial charge in [-0.05, 0) is 28.9 Å². The summed E-state index contributed by atoms with van der Waals surface area (Å²) in [6.45, 7) is 1.90. The molecule has 3 aromatic carbocycles. The topological polar surface area (TPSA) is 3.24 Å². The summed E-state index contributed by atoms with van der Waals surface area (Å²) < 4.78 is 0. The minimum absolute atomic E-state index is 0. The molecule has 0 heterocycles. The van der Waals surface area contributed by atoms with Gasteiger partial charge in [-0.25, -0.2) is 0 Å². The Labute approximate surface area is 144 Å². The Hall–Kier alpha value is -2.09. The van der Waals surface area contributed by atoms with Crippen molar-refractivity contribution in [2.45, 2.75) is 6.54 Å². The summed E-state index contributed by atoms with van der Waals surface area (Å²) in [6, 6.07) is 25.6. The van der Waals surface area contributed by atoms with Gasteiger partial charge in [0, 0.05) is 13.1 Å². The quantitative estimate of drug-likeness (QED) is 0.607. The fraction of sp³-hybridized carbons (Fsp3) is 0.143. The molecule has 0 N–H and O–H groups in total. The molecule has 0 unspecified atom stereocenters. The summed E-state index contributed by atoms with van der Waals surface area (Å²) in [5.74, 6) is 0. The van der Waals surface area contributed by atoms with Crippen LogP contribution in [-0.4, -0.2) is 18.5 Å². The average molecular weight is 324 g/mol. The van der Waals surface area contributed by atoms with Crippen molar-refractivity contribution in [2.24, 2.45) is 0 Å². The van der Waals surface area contributed by atoms with Crippen LogP contribution in [0.3, 0.4) is 0 Å². The largest absolute Gasteiger partial charge is 0.298 e. The van der Waals surface area contributed by atoms with Crippen molar-refractivity contribution in [1.82, 2.24) is 4.90 Å². The van der Waals surface area contributed by atoms with Gasteiger partial charge in [0.15, 0.2) is 0 Å². The van der Waals surface area contributed by atoms with Crippen molar-refractivity contribution in [3.8, 4) is 0 Å². The number of rotatable bonds is 5. The molecule has 1 nitrogen and oxygen atoms in total. The molecule has 2 heteroatoms. The van der Waals surface area contributed by atoms with Crippen LogP contribution in [0.15, 0.2) is 78.9 Å². The molecule has 0 amide bonds. The van der Waals surface area contributed by atoms with Crippen molar-refractivity contribution in [2.75, 3.05) is 13.6 Å². The number of likely N-dealkylation sites (N-methyl/N-ethyl adjacent to an activating group) is 1. The summed E-state index contributed by atoms with van der Waals surface area (Å²) in [5, 5.41) is 2.66. The Morgan fingerprint density at radius 1 is 0.826 bits per heavy atom. The molecule has 0 aliphatic rings. The van der Waals surface area contributed by atoms with Gasteiger partial charge in [-0.15, -0.1) is 12.4 Å². The molecule has 0 fully saturated rings. The molecule has 3 aromatic rings. The lowest BCUT2D eigenvalue weighted by Gasteiger charge is -2.16. The number of benzene rings is 3. The fourth-order valence-electron chi connectivity index (χ4n) is 2.72. The van der Waals surface area contributed by atoms with E-state index in [1.165, 1.54) is 21.9 Å². The lowest BCUT2D eigenvalue weighted by Crippen LogP contribution is -2.17. The second-order valence-corrected chi connectivity index (χ2v) is 5.65. The molecule has 0 aliphatic carbocycles. The van der Waals surface area contributed by atoms with Crippen molar-refractivity contribution >= 4 is 29.3 Å². The molecule has 0 aromatic heterocycles. The molecular formula is C21H22ClN. The second-order valence-electron chi connectivity index (χ2n) is 5.65. The van der Waals surface area contributed by atoms with E-state index in [9.17, 15) is 0 Å². The van der Waals surface area contributed by atoms with Crippen LogP contribution < -0.4 is 0 Å². The van der Waals surface area contributed by atoms with Gasteiger partial charge in [0.1, 0.15) is 0 Å². The van der Waals surface area contributed by atoms with Crippen LogP contribution in [0.4, 0.5) is 0 Å². The highest BCUT2D eigenvalue weighted by Crippen LogP contribution is 2.19. The molecule has 23 heavy (non-hydrogen) atoms. The molecule has 0 spiro atoms. The summed E-state index contributed by atoms with van der Waals surface area (Å²) in [6.07, 6.45) is 4.40. The van der Waals surface area contributed by atoms with Crippen LogP contribution in [0, 0.1) is 0 Å². The zero-order valence-corrected chi connectivity index (χ0v) is 14.2. The number of hydrogen-bond acceptors (Lipinski definition) is 1. The first kappa shape index (κ1) is 17.3. The van der Waals surface area contributed by atoms with Crippen molar-refractivity contribution in [3.05, 3.63) is 90.0 Å². The van der Waals surface area contributed by atoms with E-state index in [-0.39, 0.29) is 12.4 Å².